The summed E-state index contributed by atoms with van der Waals surface area (Å²) in [6.07, 6.45) is 0. The number of nitrogens with two attached hydrogens (primary N) is 4. The summed E-state index contributed by atoms with van der Waals surface area (Å²) in [7, 11) is 0. The van der Waals surface area contributed by atoms with Gasteiger partial charge in [0.1, 0.15) is 11.8 Å². The van der Waals surface area contributed by atoms with Gasteiger partial charge in [0, 0.05) is 9.59 Å². The first-order valence-corrected chi connectivity index (χ1v) is 3.79. The van der Waals surface area contributed by atoms with Crippen LogP contribution in [0.3, 0.4) is 0 Å². The Morgan fingerprint density at radius 3 is 0.765 bits per heavy atom. The zero-order chi connectivity index (χ0) is 10.3. The summed E-state index contributed by atoms with van der Waals surface area (Å²) in [5, 5.41) is 12.8. The van der Waals surface area contributed by atoms with Gasteiger partial charge in [0.15, 0.2) is 0 Å². The third-order valence-corrected chi connectivity index (χ3v) is 1.05. The van der Waals surface area contributed by atoms with E-state index in [1.54, 1.807) is 27.7 Å². The molecular weight excluding hydrogens is 275 g/mol. The SMILES string of the molecule is CC(C)C(=O)[OH2+].CC(C)C(=O)[OH2+].[Co+3].[NH2-].[NH2-].[NH2-].[NH2-]. The zero-order valence-electron chi connectivity index (χ0n) is 10.6. The minimum Gasteiger partial charge on any atom is -0.693 e. The van der Waals surface area contributed by atoms with Gasteiger partial charge in [-0.2, -0.15) is 0 Å². The van der Waals surface area contributed by atoms with Crippen LogP contribution in [-0.2, 0) is 26.4 Å². The summed E-state index contributed by atoms with van der Waals surface area (Å²) in [5.41, 5.74) is 0. The fourth-order valence-electron chi connectivity index (χ4n) is 0. The standard InChI is InChI=1S/2C4H8O2.Co.4H2N/c2*1-3(2)4(5)6;;;;;/h2*3H,1-2H3,(H,5,6);;4*1H2/q;;+3;4*-1/p+2. The largest absolute Gasteiger partial charge is 3.00 e. The molecule has 0 spiro atoms. The minimum atomic E-state index is -0.491. The molecule has 0 aliphatic carbocycles. The van der Waals surface area contributed by atoms with E-state index in [4.69, 9.17) is 10.2 Å². The molecule has 0 fully saturated rings. The van der Waals surface area contributed by atoms with Crippen LogP contribution in [-0.4, -0.2) is 22.2 Å². The van der Waals surface area contributed by atoms with Crippen LogP contribution in [0.1, 0.15) is 27.7 Å². The van der Waals surface area contributed by atoms with E-state index >= 15 is 0 Å². The Morgan fingerprint density at radius 2 is 0.765 bits per heavy atom. The van der Waals surface area contributed by atoms with E-state index in [2.05, 4.69) is 0 Å². The maximum absolute atomic E-state index is 9.81. The summed E-state index contributed by atoms with van der Waals surface area (Å²) in [5.74, 6) is -1.22. The van der Waals surface area contributed by atoms with E-state index in [0.717, 1.165) is 0 Å². The van der Waals surface area contributed by atoms with Gasteiger partial charge < -0.3 is 34.8 Å². The van der Waals surface area contributed by atoms with Gasteiger partial charge in [-0.15, -0.1) is 0 Å². The quantitative estimate of drug-likeness (QED) is 0.702. The van der Waals surface area contributed by atoms with Gasteiger partial charge in [-0.1, -0.05) is 0 Å². The molecule has 0 heterocycles. The minimum absolute atomic E-state index is 0. The Balaban J connectivity index is -0.0000000182. The zero-order valence-corrected chi connectivity index (χ0v) is 11.7. The maximum atomic E-state index is 9.81. The van der Waals surface area contributed by atoms with Crippen molar-refractivity contribution in [2.75, 3.05) is 0 Å². The fourth-order valence-corrected chi connectivity index (χ4v) is 0. The van der Waals surface area contributed by atoms with E-state index in [-0.39, 0.29) is 53.2 Å². The molecule has 0 radical (unpaired) electrons. The Labute approximate surface area is 113 Å². The summed E-state index contributed by atoms with van der Waals surface area (Å²) < 4.78 is 0. The molecule has 9 heteroatoms. The molecule has 0 saturated carbocycles. The fraction of sp³-hybridized carbons (Fsp3) is 0.750. The van der Waals surface area contributed by atoms with Crippen LogP contribution in [0.5, 0.6) is 0 Å². The average molecular weight is 301 g/mol. The van der Waals surface area contributed by atoms with Gasteiger partial charge in [-0.3, -0.25) is 0 Å². The van der Waals surface area contributed by atoms with Crippen molar-refractivity contribution in [3.05, 3.63) is 24.6 Å². The first kappa shape index (κ1) is 44.1. The van der Waals surface area contributed by atoms with Gasteiger partial charge in [0.25, 0.3) is 0 Å². The van der Waals surface area contributed by atoms with Crippen molar-refractivity contribution in [2.24, 2.45) is 11.8 Å². The summed E-state index contributed by atoms with van der Waals surface area (Å²) in [6, 6.07) is 0. The Kier molecular flexibility index (Phi) is 63.6. The maximum Gasteiger partial charge on any atom is 3.00 e. The molecule has 0 saturated heterocycles. The van der Waals surface area contributed by atoms with Crippen molar-refractivity contribution in [1.82, 2.24) is 0 Å². The second-order valence-corrected chi connectivity index (χ2v) is 3.04. The summed E-state index contributed by atoms with van der Waals surface area (Å²) in [6.45, 7) is 6.81. The third-order valence-electron chi connectivity index (χ3n) is 1.05. The van der Waals surface area contributed by atoms with Crippen molar-refractivity contribution in [3.63, 3.8) is 0 Å². The molecule has 0 rings (SSSR count). The van der Waals surface area contributed by atoms with Crippen molar-refractivity contribution >= 4 is 11.9 Å². The smallest absolute Gasteiger partial charge is 0.693 e. The molecule has 0 atom stereocenters. The molecule has 12 N–H and O–H groups in total. The first-order chi connectivity index (χ1) is 5.29. The van der Waals surface area contributed by atoms with Crippen LogP contribution >= 0.6 is 0 Å². The average Bonchev–Trinajstić information content (AvgIpc) is 1.88. The molecule has 0 aromatic rings. The summed E-state index contributed by atoms with van der Waals surface area (Å²) >= 11 is 0. The van der Waals surface area contributed by atoms with E-state index < -0.39 is 11.9 Å². The predicted molar refractivity (Wildman–Crippen MR) is 68.1 cm³/mol. The summed E-state index contributed by atoms with van der Waals surface area (Å²) in [4.78, 5) is 19.6. The van der Waals surface area contributed by atoms with Crippen LogP contribution in [0.2, 0.25) is 0 Å². The molecule has 110 valence electrons. The van der Waals surface area contributed by atoms with Crippen molar-refractivity contribution in [1.29, 1.82) is 0 Å². The van der Waals surface area contributed by atoms with E-state index in [9.17, 15) is 9.59 Å². The van der Waals surface area contributed by atoms with Crippen molar-refractivity contribution in [2.45, 2.75) is 27.7 Å². The van der Waals surface area contributed by atoms with Crippen LogP contribution in [0.15, 0.2) is 0 Å². The number of rotatable bonds is 2. The van der Waals surface area contributed by atoms with Gasteiger partial charge in [0.05, 0.1) is 0 Å². The molecule has 0 aromatic heterocycles. The van der Waals surface area contributed by atoms with Crippen molar-refractivity contribution < 1.29 is 36.6 Å². The Morgan fingerprint density at radius 1 is 0.706 bits per heavy atom. The topological polar surface area (TPSA) is 214 Å². The van der Waals surface area contributed by atoms with Crippen LogP contribution in [0, 0.1) is 11.8 Å². The second kappa shape index (κ2) is 24.5. The van der Waals surface area contributed by atoms with Gasteiger partial charge >= 0.3 is 28.7 Å². The molecule has 8 nitrogen and oxygen atoms in total. The molecule has 0 unspecified atom stereocenters. The van der Waals surface area contributed by atoms with E-state index in [1.165, 1.54) is 0 Å². The second-order valence-electron chi connectivity index (χ2n) is 3.04. The molecule has 0 aromatic carbocycles. The molecule has 0 amide bonds. The molecule has 0 aliphatic rings. The Hall–Kier alpha value is -0.714. The third kappa shape index (κ3) is 50.8. The normalized spacial score (nSPS) is 6.47. The van der Waals surface area contributed by atoms with Gasteiger partial charge in [-0.25, -0.2) is 0 Å². The number of carbonyl (C=O) groups is 2. The van der Waals surface area contributed by atoms with E-state index in [0.29, 0.717) is 0 Å². The van der Waals surface area contributed by atoms with Crippen molar-refractivity contribution in [3.8, 4) is 0 Å². The monoisotopic (exact) mass is 301 g/mol. The van der Waals surface area contributed by atoms with Gasteiger partial charge in [-0.05, 0) is 27.7 Å². The number of hydrogen-bond acceptors (Lipinski definition) is 2. The Bertz CT molecular complexity index is 150. The molecule has 0 bridgehead atoms. The van der Waals surface area contributed by atoms with Crippen LogP contribution in [0.25, 0.3) is 24.6 Å². The first-order valence-electron chi connectivity index (χ1n) is 3.79. The molecule has 17 heavy (non-hydrogen) atoms. The van der Waals surface area contributed by atoms with Crippen LogP contribution in [0.4, 0.5) is 0 Å². The molecule has 0 aliphatic heterocycles. The predicted octanol–water partition coefficient (Wildman–Crippen LogP) is 2.65. The van der Waals surface area contributed by atoms with E-state index in [1.807, 2.05) is 0 Å². The van der Waals surface area contributed by atoms with Gasteiger partial charge in [0.2, 0.25) is 0 Å². The number of hydrogen-bond donors (Lipinski definition) is 0. The number of carbonyl (C=O) groups excluding carboxylic acids is 2. The van der Waals surface area contributed by atoms with Crippen LogP contribution < -0.4 is 0 Å². The molecular formula is C8H26CoN4O4+.